The molecular weight excluding hydrogens is 180 g/mol. The first-order valence-corrected chi connectivity index (χ1v) is 3.29. The normalized spacial score (nSPS) is 11.7. The van der Waals surface area contributed by atoms with Crippen LogP contribution in [0.4, 0.5) is 14.5 Å². The van der Waals surface area contributed by atoms with Crippen LogP contribution in [0.2, 0.25) is 0 Å². The van der Waals surface area contributed by atoms with E-state index in [9.17, 15) is 8.78 Å². The Bertz CT molecular complexity index is 365. The van der Waals surface area contributed by atoms with Crippen molar-refractivity contribution in [3.63, 3.8) is 0 Å². The molecule has 0 bridgehead atoms. The number of amidine groups is 1. The first-order chi connectivity index (χ1) is 6.07. The van der Waals surface area contributed by atoms with Crippen molar-refractivity contribution in [2.45, 2.75) is 0 Å². The molecule has 0 aromatic heterocycles. The Morgan fingerprint density at radius 2 is 2.00 bits per heavy atom. The van der Waals surface area contributed by atoms with Crippen LogP contribution >= 0.6 is 0 Å². The van der Waals surface area contributed by atoms with E-state index in [1.54, 1.807) is 0 Å². The van der Waals surface area contributed by atoms with Crippen molar-refractivity contribution in [1.82, 2.24) is 0 Å². The van der Waals surface area contributed by atoms with Crippen LogP contribution in [-0.4, -0.2) is 11.0 Å². The van der Waals surface area contributed by atoms with Gasteiger partial charge in [-0.1, -0.05) is 5.16 Å². The molecule has 0 aliphatic heterocycles. The zero-order valence-electron chi connectivity index (χ0n) is 6.46. The van der Waals surface area contributed by atoms with Gasteiger partial charge in [0.25, 0.3) is 0 Å². The highest BCUT2D eigenvalue weighted by molar-refractivity contribution is 5.98. The Morgan fingerprint density at radius 3 is 2.54 bits per heavy atom. The van der Waals surface area contributed by atoms with E-state index in [-0.39, 0.29) is 5.56 Å². The number of benzene rings is 1. The van der Waals surface area contributed by atoms with Crippen molar-refractivity contribution >= 4 is 11.5 Å². The molecular formula is C7H7F2N3O. The summed E-state index contributed by atoms with van der Waals surface area (Å²) < 4.78 is 25.7. The van der Waals surface area contributed by atoms with E-state index in [0.717, 1.165) is 12.1 Å². The van der Waals surface area contributed by atoms with Crippen molar-refractivity contribution < 1.29 is 14.0 Å². The van der Waals surface area contributed by atoms with Crippen LogP contribution in [0, 0.1) is 11.6 Å². The minimum atomic E-state index is -1.03. The van der Waals surface area contributed by atoms with Crippen LogP contribution in [0.15, 0.2) is 17.3 Å². The standard InChI is InChI=1S/C7H7F2N3O/c8-4-2-1-3(7(11)12-13)5(9)6(4)10/h1-2,13H,10H2,(H2,11,12). The van der Waals surface area contributed by atoms with E-state index >= 15 is 0 Å². The van der Waals surface area contributed by atoms with Crippen LogP contribution in [0.5, 0.6) is 0 Å². The van der Waals surface area contributed by atoms with Gasteiger partial charge in [-0.3, -0.25) is 0 Å². The number of hydrogen-bond acceptors (Lipinski definition) is 3. The molecule has 1 aromatic carbocycles. The molecule has 0 heterocycles. The quantitative estimate of drug-likeness (QED) is 0.198. The van der Waals surface area contributed by atoms with Gasteiger partial charge >= 0.3 is 0 Å². The molecule has 0 atom stereocenters. The summed E-state index contributed by atoms with van der Waals surface area (Å²) in [4.78, 5) is 0. The second kappa shape index (κ2) is 3.26. The topological polar surface area (TPSA) is 84.6 Å². The summed E-state index contributed by atoms with van der Waals surface area (Å²) in [5.74, 6) is -2.37. The fourth-order valence-corrected chi connectivity index (χ4v) is 0.821. The van der Waals surface area contributed by atoms with E-state index < -0.39 is 23.2 Å². The Labute approximate surface area is 72.5 Å². The van der Waals surface area contributed by atoms with Crippen LogP contribution in [-0.2, 0) is 0 Å². The summed E-state index contributed by atoms with van der Waals surface area (Å²) in [6.45, 7) is 0. The van der Waals surface area contributed by atoms with Gasteiger partial charge in [0.05, 0.1) is 5.56 Å². The average Bonchev–Trinajstić information content (AvgIpc) is 2.13. The van der Waals surface area contributed by atoms with Gasteiger partial charge in [-0.2, -0.15) is 0 Å². The first kappa shape index (κ1) is 9.24. The van der Waals surface area contributed by atoms with Crippen LogP contribution in [0.1, 0.15) is 5.56 Å². The zero-order valence-corrected chi connectivity index (χ0v) is 6.46. The second-order valence-electron chi connectivity index (χ2n) is 2.31. The Hall–Kier alpha value is -1.85. The zero-order chi connectivity index (χ0) is 10.0. The van der Waals surface area contributed by atoms with Crippen molar-refractivity contribution in [1.29, 1.82) is 0 Å². The predicted molar refractivity (Wildman–Crippen MR) is 43.3 cm³/mol. The van der Waals surface area contributed by atoms with Crippen molar-refractivity contribution in [2.24, 2.45) is 10.9 Å². The predicted octanol–water partition coefficient (Wildman–Crippen LogP) is 0.642. The van der Waals surface area contributed by atoms with Crippen molar-refractivity contribution in [3.8, 4) is 0 Å². The van der Waals surface area contributed by atoms with E-state index in [1.165, 1.54) is 0 Å². The molecule has 6 heteroatoms. The molecule has 0 saturated carbocycles. The molecule has 4 nitrogen and oxygen atoms in total. The summed E-state index contributed by atoms with van der Waals surface area (Å²) in [6.07, 6.45) is 0. The van der Waals surface area contributed by atoms with Crippen LogP contribution < -0.4 is 11.5 Å². The van der Waals surface area contributed by atoms with Gasteiger partial charge in [-0.15, -0.1) is 0 Å². The highest BCUT2D eigenvalue weighted by atomic mass is 19.1. The average molecular weight is 187 g/mol. The maximum atomic E-state index is 13.1. The maximum absolute atomic E-state index is 13.1. The summed E-state index contributed by atoms with van der Waals surface area (Å²) >= 11 is 0. The molecule has 0 saturated heterocycles. The number of nitrogens with zero attached hydrogens (tertiary/aromatic N) is 1. The minimum Gasteiger partial charge on any atom is -0.409 e. The minimum absolute atomic E-state index is 0.235. The second-order valence-corrected chi connectivity index (χ2v) is 2.31. The van der Waals surface area contributed by atoms with Crippen LogP contribution in [0.3, 0.4) is 0 Å². The van der Waals surface area contributed by atoms with Gasteiger partial charge in [0.1, 0.15) is 11.5 Å². The number of anilines is 1. The maximum Gasteiger partial charge on any atom is 0.173 e. The molecule has 0 unspecified atom stereocenters. The summed E-state index contributed by atoms with van der Waals surface area (Å²) in [6, 6.07) is 1.97. The van der Waals surface area contributed by atoms with Gasteiger partial charge in [-0.25, -0.2) is 8.78 Å². The van der Waals surface area contributed by atoms with Crippen LogP contribution in [0.25, 0.3) is 0 Å². The summed E-state index contributed by atoms with van der Waals surface area (Å²) in [5.41, 5.74) is 9.25. The first-order valence-electron chi connectivity index (χ1n) is 3.29. The third kappa shape index (κ3) is 1.51. The Balaban J connectivity index is 3.34. The smallest absolute Gasteiger partial charge is 0.173 e. The van der Waals surface area contributed by atoms with Crippen molar-refractivity contribution in [3.05, 3.63) is 29.3 Å². The fraction of sp³-hybridized carbons (Fsp3) is 0. The molecule has 0 fully saturated rings. The largest absolute Gasteiger partial charge is 0.409 e. The lowest BCUT2D eigenvalue weighted by Gasteiger charge is -2.03. The molecule has 5 N–H and O–H groups in total. The number of nitrogens with two attached hydrogens (primary N) is 2. The fourth-order valence-electron chi connectivity index (χ4n) is 0.821. The lowest BCUT2D eigenvalue weighted by atomic mass is 10.1. The number of oxime groups is 1. The molecule has 13 heavy (non-hydrogen) atoms. The van der Waals surface area contributed by atoms with Gasteiger partial charge in [-0.05, 0) is 12.1 Å². The molecule has 70 valence electrons. The van der Waals surface area contributed by atoms with Gasteiger partial charge in [0, 0.05) is 0 Å². The molecule has 0 amide bonds. The number of halogens is 2. The third-order valence-electron chi connectivity index (χ3n) is 1.51. The molecule has 0 spiro atoms. The molecule has 0 radical (unpaired) electrons. The Morgan fingerprint density at radius 1 is 1.38 bits per heavy atom. The lowest BCUT2D eigenvalue weighted by molar-refractivity contribution is 0.318. The highest BCUT2D eigenvalue weighted by Crippen LogP contribution is 2.18. The summed E-state index contributed by atoms with van der Waals surface area (Å²) in [5, 5.41) is 10.8. The van der Waals surface area contributed by atoms with Gasteiger partial charge < -0.3 is 16.7 Å². The lowest BCUT2D eigenvalue weighted by Crippen LogP contribution is -2.16. The van der Waals surface area contributed by atoms with Gasteiger partial charge in [0.15, 0.2) is 11.7 Å². The third-order valence-corrected chi connectivity index (χ3v) is 1.51. The molecule has 1 rings (SSSR count). The Kier molecular flexibility index (Phi) is 2.32. The number of nitrogen functional groups attached to an aromatic ring is 1. The summed E-state index contributed by atoms with van der Waals surface area (Å²) in [7, 11) is 0. The highest BCUT2D eigenvalue weighted by Gasteiger charge is 2.13. The van der Waals surface area contributed by atoms with Crippen molar-refractivity contribution in [2.75, 3.05) is 5.73 Å². The number of rotatable bonds is 1. The monoisotopic (exact) mass is 187 g/mol. The molecule has 1 aromatic rings. The number of hydrogen-bond donors (Lipinski definition) is 3. The molecule has 0 aliphatic carbocycles. The van der Waals surface area contributed by atoms with E-state index in [2.05, 4.69) is 5.16 Å². The van der Waals surface area contributed by atoms with E-state index in [1.807, 2.05) is 0 Å². The molecule has 0 aliphatic rings. The van der Waals surface area contributed by atoms with Gasteiger partial charge in [0.2, 0.25) is 0 Å². The van der Waals surface area contributed by atoms with E-state index in [4.69, 9.17) is 16.7 Å². The van der Waals surface area contributed by atoms with E-state index in [0.29, 0.717) is 0 Å². The SMILES string of the molecule is N/C(=N\O)c1ccc(F)c(N)c1F.